The van der Waals surface area contributed by atoms with Crippen LogP contribution in [-0.2, 0) is 4.74 Å². The molecule has 0 aromatic carbocycles. The zero-order valence-electron chi connectivity index (χ0n) is 11.3. The Bertz CT molecular complexity index is 285. The average Bonchev–Trinajstić information content (AvgIpc) is 2.59. The highest BCUT2D eigenvalue weighted by atomic mass is 19.4. The van der Waals surface area contributed by atoms with Crippen LogP contribution in [0.1, 0.15) is 57.8 Å². The molecule has 2 atom stereocenters. The lowest BCUT2D eigenvalue weighted by atomic mass is 9.58. The maximum absolute atomic E-state index is 12.1. The molecule has 2 nitrogen and oxygen atoms in total. The molecule has 0 heterocycles. The first-order valence-corrected chi connectivity index (χ1v) is 7.38. The number of hydrogen-bond acceptors (Lipinski definition) is 2. The minimum absolute atomic E-state index is 0.0608. The van der Waals surface area contributed by atoms with E-state index >= 15 is 0 Å². The fourth-order valence-corrected chi connectivity index (χ4v) is 3.59. The van der Waals surface area contributed by atoms with Crippen molar-refractivity contribution in [1.29, 1.82) is 0 Å². The normalized spacial score (nSPS) is 30.9. The van der Waals surface area contributed by atoms with Crippen molar-refractivity contribution in [3.05, 3.63) is 0 Å². The second kappa shape index (κ2) is 6.00. The monoisotopic (exact) mass is 279 g/mol. The topological polar surface area (TPSA) is 35.2 Å². The van der Waals surface area contributed by atoms with Gasteiger partial charge in [0, 0.05) is 24.5 Å². The van der Waals surface area contributed by atoms with Crippen LogP contribution in [0.25, 0.3) is 0 Å². The van der Waals surface area contributed by atoms with Crippen LogP contribution >= 0.6 is 0 Å². The van der Waals surface area contributed by atoms with Crippen LogP contribution in [0.2, 0.25) is 0 Å². The Kier molecular flexibility index (Phi) is 4.77. The largest absolute Gasteiger partial charge is 0.389 e. The molecule has 2 aliphatic carbocycles. The zero-order chi connectivity index (χ0) is 13.9. The fourth-order valence-electron chi connectivity index (χ4n) is 3.59. The highest BCUT2D eigenvalue weighted by molar-refractivity contribution is 5.06. The van der Waals surface area contributed by atoms with E-state index in [1.165, 1.54) is 25.7 Å². The standard InChI is InChI=1S/C14H24F3NO/c15-14(16,17)8-5-9-19-12-10-11(18)13(12)6-3-1-2-4-7-13/h11-12H,1-10,18H2. The molecule has 0 amide bonds. The molecule has 1 spiro atoms. The van der Waals surface area contributed by atoms with Gasteiger partial charge in [-0.1, -0.05) is 25.7 Å². The number of alkyl halides is 3. The number of hydrogen-bond donors (Lipinski definition) is 1. The van der Waals surface area contributed by atoms with Crippen LogP contribution in [0.15, 0.2) is 0 Å². The number of nitrogens with two attached hydrogens (primary N) is 1. The first-order valence-electron chi connectivity index (χ1n) is 7.38. The number of rotatable bonds is 4. The number of ether oxygens (including phenoxy) is 1. The predicted octanol–water partition coefficient (Wildman–Crippen LogP) is 3.79. The van der Waals surface area contributed by atoms with Crippen molar-refractivity contribution in [1.82, 2.24) is 0 Å². The van der Waals surface area contributed by atoms with Crippen LogP contribution < -0.4 is 5.73 Å². The van der Waals surface area contributed by atoms with Gasteiger partial charge in [-0.25, -0.2) is 0 Å². The van der Waals surface area contributed by atoms with E-state index in [1.54, 1.807) is 0 Å². The Balaban J connectivity index is 1.77. The minimum atomic E-state index is -4.07. The molecule has 112 valence electrons. The van der Waals surface area contributed by atoms with Gasteiger partial charge in [0.2, 0.25) is 0 Å². The van der Waals surface area contributed by atoms with Crippen molar-refractivity contribution in [2.24, 2.45) is 11.1 Å². The van der Waals surface area contributed by atoms with Gasteiger partial charge in [-0.15, -0.1) is 0 Å². The Morgan fingerprint density at radius 2 is 1.74 bits per heavy atom. The summed E-state index contributed by atoms with van der Waals surface area (Å²) >= 11 is 0. The summed E-state index contributed by atoms with van der Waals surface area (Å²) in [6.45, 7) is 0.207. The molecular weight excluding hydrogens is 255 g/mol. The van der Waals surface area contributed by atoms with Gasteiger partial charge < -0.3 is 10.5 Å². The first-order chi connectivity index (χ1) is 8.94. The highest BCUT2D eigenvalue weighted by Gasteiger charge is 2.53. The van der Waals surface area contributed by atoms with Crippen molar-refractivity contribution in [3.63, 3.8) is 0 Å². The second-order valence-corrected chi connectivity index (χ2v) is 6.07. The quantitative estimate of drug-likeness (QED) is 0.795. The van der Waals surface area contributed by atoms with Gasteiger partial charge in [-0.05, 0) is 25.7 Å². The molecule has 0 radical (unpaired) electrons. The van der Waals surface area contributed by atoms with E-state index in [0.29, 0.717) is 0 Å². The lowest BCUT2D eigenvalue weighted by Crippen LogP contribution is -2.62. The van der Waals surface area contributed by atoms with Crippen LogP contribution in [0.3, 0.4) is 0 Å². The molecule has 0 bridgehead atoms. The molecule has 0 aromatic heterocycles. The smallest absolute Gasteiger partial charge is 0.378 e. The molecular formula is C14H24F3NO. The summed E-state index contributed by atoms with van der Waals surface area (Å²) in [5, 5.41) is 0. The molecule has 2 fully saturated rings. The van der Waals surface area contributed by atoms with Gasteiger partial charge >= 0.3 is 6.18 Å². The molecule has 2 saturated carbocycles. The minimum Gasteiger partial charge on any atom is -0.378 e. The zero-order valence-corrected chi connectivity index (χ0v) is 11.3. The van der Waals surface area contributed by atoms with Crippen LogP contribution in [-0.4, -0.2) is 24.9 Å². The summed E-state index contributed by atoms with van der Waals surface area (Å²) < 4.78 is 41.9. The van der Waals surface area contributed by atoms with Crippen molar-refractivity contribution in [2.45, 2.75) is 76.1 Å². The first kappa shape index (κ1) is 15.1. The summed E-state index contributed by atoms with van der Waals surface area (Å²) in [4.78, 5) is 0. The fraction of sp³-hybridized carbons (Fsp3) is 1.00. The van der Waals surface area contributed by atoms with E-state index in [9.17, 15) is 13.2 Å². The summed E-state index contributed by atoms with van der Waals surface area (Å²) in [5.74, 6) is 0. The van der Waals surface area contributed by atoms with Crippen LogP contribution in [0.5, 0.6) is 0 Å². The van der Waals surface area contributed by atoms with E-state index in [1.807, 2.05) is 0 Å². The average molecular weight is 279 g/mol. The summed E-state index contributed by atoms with van der Waals surface area (Å²) in [6.07, 6.45) is 3.15. The molecule has 2 N–H and O–H groups in total. The molecule has 0 aromatic rings. The maximum Gasteiger partial charge on any atom is 0.389 e. The predicted molar refractivity (Wildman–Crippen MR) is 67.8 cm³/mol. The van der Waals surface area contributed by atoms with Crippen LogP contribution in [0.4, 0.5) is 13.2 Å². The molecule has 0 saturated heterocycles. The van der Waals surface area contributed by atoms with Gasteiger partial charge in [-0.2, -0.15) is 13.2 Å². The van der Waals surface area contributed by atoms with E-state index in [4.69, 9.17) is 10.5 Å². The molecule has 19 heavy (non-hydrogen) atoms. The van der Waals surface area contributed by atoms with E-state index in [2.05, 4.69) is 0 Å². The summed E-state index contributed by atoms with van der Waals surface area (Å²) in [6, 6.07) is 0.179. The Labute approximate surface area is 112 Å². The molecule has 0 aliphatic heterocycles. The van der Waals surface area contributed by atoms with E-state index < -0.39 is 12.6 Å². The van der Waals surface area contributed by atoms with E-state index in [-0.39, 0.29) is 30.6 Å². The summed E-state index contributed by atoms with van der Waals surface area (Å²) in [7, 11) is 0. The van der Waals surface area contributed by atoms with Crippen LogP contribution in [0, 0.1) is 5.41 Å². The van der Waals surface area contributed by atoms with Gasteiger partial charge in [0.15, 0.2) is 0 Å². The summed E-state index contributed by atoms with van der Waals surface area (Å²) in [5.41, 5.74) is 6.23. The van der Waals surface area contributed by atoms with Gasteiger partial charge in [-0.3, -0.25) is 0 Å². The van der Waals surface area contributed by atoms with Crippen molar-refractivity contribution in [3.8, 4) is 0 Å². The van der Waals surface area contributed by atoms with Gasteiger partial charge in [0.25, 0.3) is 0 Å². The van der Waals surface area contributed by atoms with Crippen molar-refractivity contribution in [2.75, 3.05) is 6.61 Å². The van der Waals surface area contributed by atoms with Crippen molar-refractivity contribution < 1.29 is 17.9 Å². The molecule has 2 rings (SSSR count). The lowest BCUT2D eigenvalue weighted by Gasteiger charge is -2.54. The molecule has 5 heteroatoms. The second-order valence-electron chi connectivity index (χ2n) is 6.07. The third-order valence-electron chi connectivity index (χ3n) is 4.81. The maximum atomic E-state index is 12.1. The molecule has 2 aliphatic rings. The Hall–Kier alpha value is -0.290. The van der Waals surface area contributed by atoms with Gasteiger partial charge in [0.05, 0.1) is 6.10 Å². The third-order valence-corrected chi connectivity index (χ3v) is 4.81. The van der Waals surface area contributed by atoms with E-state index in [0.717, 1.165) is 19.3 Å². The molecule has 2 unspecified atom stereocenters. The van der Waals surface area contributed by atoms with Gasteiger partial charge in [0.1, 0.15) is 0 Å². The Morgan fingerprint density at radius 1 is 1.11 bits per heavy atom. The number of halogens is 3. The lowest BCUT2D eigenvalue weighted by molar-refractivity contribution is -0.155. The Morgan fingerprint density at radius 3 is 2.26 bits per heavy atom. The third kappa shape index (κ3) is 3.63. The SMILES string of the molecule is NC1CC(OCCCC(F)(F)F)C12CCCCCC2. The van der Waals surface area contributed by atoms with Crippen molar-refractivity contribution >= 4 is 0 Å². The highest BCUT2D eigenvalue weighted by Crippen LogP contribution is 2.51.